The Morgan fingerprint density at radius 3 is 2.64 bits per heavy atom. The van der Waals surface area contributed by atoms with Crippen molar-refractivity contribution in [1.82, 2.24) is 5.32 Å². The maximum absolute atomic E-state index is 13.0. The molecule has 0 heterocycles. The topological polar surface area (TPSA) is 55.4 Å². The third kappa shape index (κ3) is 6.39. The van der Waals surface area contributed by atoms with Crippen molar-refractivity contribution in [3.05, 3.63) is 76.6 Å². The molecule has 0 fully saturated rings. The predicted molar refractivity (Wildman–Crippen MR) is 94.4 cm³/mol. The molecule has 4 nitrogen and oxygen atoms in total. The van der Waals surface area contributed by atoms with E-state index in [1.807, 2.05) is 6.92 Å². The van der Waals surface area contributed by atoms with Gasteiger partial charge in [0, 0.05) is 11.1 Å². The Balaban J connectivity index is 1.79. The van der Waals surface area contributed by atoms with E-state index in [2.05, 4.69) is 5.32 Å². The molecule has 1 amide bonds. The van der Waals surface area contributed by atoms with Crippen molar-refractivity contribution >= 4 is 29.6 Å². The smallest absolute Gasteiger partial charge is 0.331 e. The Morgan fingerprint density at radius 2 is 1.96 bits per heavy atom. The number of carbonyl (C=O) groups excluding carboxylic acids is 2. The van der Waals surface area contributed by atoms with Crippen molar-refractivity contribution < 1.29 is 18.7 Å². The maximum Gasteiger partial charge on any atom is 0.331 e. The average molecular weight is 362 g/mol. The summed E-state index contributed by atoms with van der Waals surface area (Å²) in [7, 11) is 0. The van der Waals surface area contributed by atoms with Crippen LogP contribution >= 0.6 is 11.6 Å². The van der Waals surface area contributed by atoms with Gasteiger partial charge in [0.05, 0.1) is 6.04 Å². The lowest BCUT2D eigenvalue weighted by Crippen LogP contribution is -2.30. The van der Waals surface area contributed by atoms with Crippen molar-refractivity contribution in [2.75, 3.05) is 6.61 Å². The summed E-state index contributed by atoms with van der Waals surface area (Å²) in [5.74, 6) is -1.50. The summed E-state index contributed by atoms with van der Waals surface area (Å²) in [6.45, 7) is 1.41. The molecule has 2 aromatic rings. The quantitative estimate of drug-likeness (QED) is 0.627. The number of nitrogens with one attached hydrogen (secondary N) is 1. The van der Waals surface area contributed by atoms with Crippen LogP contribution in [0.1, 0.15) is 24.1 Å². The third-order valence-electron chi connectivity index (χ3n) is 3.35. The summed E-state index contributed by atoms with van der Waals surface area (Å²) < 4.78 is 17.9. The lowest BCUT2D eigenvalue weighted by molar-refractivity contribution is -0.144. The molecule has 25 heavy (non-hydrogen) atoms. The van der Waals surface area contributed by atoms with E-state index in [1.165, 1.54) is 24.3 Å². The fourth-order valence-electron chi connectivity index (χ4n) is 2.08. The first-order chi connectivity index (χ1) is 11.9. The van der Waals surface area contributed by atoms with Gasteiger partial charge in [-0.3, -0.25) is 4.79 Å². The van der Waals surface area contributed by atoms with E-state index in [9.17, 15) is 14.0 Å². The second-order valence-electron chi connectivity index (χ2n) is 5.34. The Labute approximate surface area is 150 Å². The van der Waals surface area contributed by atoms with E-state index in [0.717, 1.165) is 11.6 Å². The number of halogens is 2. The molecule has 1 N–H and O–H groups in total. The highest BCUT2D eigenvalue weighted by molar-refractivity contribution is 6.30. The van der Waals surface area contributed by atoms with Gasteiger partial charge in [-0.2, -0.15) is 0 Å². The highest BCUT2D eigenvalue weighted by atomic mass is 35.5. The monoisotopic (exact) mass is 361 g/mol. The zero-order valence-electron chi connectivity index (χ0n) is 13.5. The summed E-state index contributed by atoms with van der Waals surface area (Å²) in [5.41, 5.74) is 1.41. The van der Waals surface area contributed by atoms with Gasteiger partial charge in [-0.05, 0) is 48.4 Å². The zero-order valence-corrected chi connectivity index (χ0v) is 14.3. The number of rotatable bonds is 6. The van der Waals surface area contributed by atoms with Crippen LogP contribution in [0.2, 0.25) is 5.02 Å². The van der Waals surface area contributed by atoms with Gasteiger partial charge in [-0.25, -0.2) is 9.18 Å². The summed E-state index contributed by atoms with van der Waals surface area (Å²) >= 11 is 5.82. The summed E-state index contributed by atoms with van der Waals surface area (Å²) in [6.07, 6.45) is 2.56. The van der Waals surface area contributed by atoms with Gasteiger partial charge in [0.2, 0.25) is 0 Å². The van der Waals surface area contributed by atoms with Gasteiger partial charge < -0.3 is 10.1 Å². The van der Waals surface area contributed by atoms with Crippen LogP contribution in [0.15, 0.2) is 54.6 Å². The van der Waals surface area contributed by atoms with Gasteiger partial charge in [-0.15, -0.1) is 0 Å². The van der Waals surface area contributed by atoms with Gasteiger partial charge >= 0.3 is 5.97 Å². The Kier molecular flexibility index (Phi) is 6.71. The molecule has 0 saturated carbocycles. The summed E-state index contributed by atoms with van der Waals surface area (Å²) in [4.78, 5) is 23.4. The molecule has 2 aromatic carbocycles. The molecule has 0 saturated heterocycles. The number of ether oxygens (including phenoxy) is 1. The van der Waals surface area contributed by atoms with Crippen LogP contribution in [-0.2, 0) is 14.3 Å². The largest absolute Gasteiger partial charge is 0.452 e. The fraction of sp³-hybridized carbons (Fsp3) is 0.158. The minimum absolute atomic E-state index is 0.244. The van der Waals surface area contributed by atoms with Crippen LogP contribution in [0.4, 0.5) is 4.39 Å². The average Bonchev–Trinajstić information content (AvgIpc) is 2.58. The normalized spacial score (nSPS) is 12.0. The number of benzene rings is 2. The number of esters is 1. The van der Waals surface area contributed by atoms with Crippen molar-refractivity contribution in [1.29, 1.82) is 0 Å². The van der Waals surface area contributed by atoms with E-state index >= 15 is 0 Å². The van der Waals surface area contributed by atoms with Crippen LogP contribution in [0.5, 0.6) is 0 Å². The molecule has 0 unspecified atom stereocenters. The molecule has 0 aromatic heterocycles. The van der Waals surface area contributed by atoms with Crippen LogP contribution in [0.3, 0.4) is 0 Å². The molecule has 0 bridgehead atoms. The lowest BCUT2D eigenvalue weighted by atomic mass is 10.1. The van der Waals surface area contributed by atoms with Crippen molar-refractivity contribution in [3.8, 4) is 0 Å². The van der Waals surface area contributed by atoms with Gasteiger partial charge in [0.15, 0.2) is 6.61 Å². The molecule has 0 aliphatic heterocycles. The Morgan fingerprint density at radius 1 is 1.24 bits per heavy atom. The second kappa shape index (κ2) is 8.99. The van der Waals surface area contributed by atoms with E-state index in [1.54, 1.807) is 30.3 Å². The maximum atomic E-state index is 13.0. The van der Waals surface area contributed by atoms with Gasteiger partial charge in [0.25, 0.3) is 5.91 Å². The van der Waals surface area contributed by atoms with Crippen LogP contribution < -0.4 is 5.32 Å². The highest BCUT2D eigenvalue weighted by Gasteiger charge is 2.11. The van der Waals surface area contributed by atoms with Crippen molar-refractivity contribution in [2.45, 2.75) is 13.0 Å². The number of hydrogen-bond donors (Lipinski definition) is 1. The van der Waals surface area contributed by atoms with Gasteiger partial charge in [-0.1, -0.05) is 35.9 Å². The summed E-state index contributed by atoms with van der Waals surface area (Å²) in [5, 5.41) is 3.33. The minimum Gasteiger partial charge on any atom is -0.452 e. The van der Waals surface area contributed by atoms with Gasteiger partial charge in [0.1, 0.15) is 5.82 Å². The molecule has 0 aliphatic carbocycles. The molecular weight excluding hydrogens is 345 g/mol. The first-order valence-electron chi connectivity index (χ1n) is 7.59. The van der Waals surface area contributed by atoms with Crippen LogP contribution in [0, 0.1) is 5.82 Å². The number of amides is 1. The first kappa shape index (κ1) is 18.7. The summed E-state index contributed by atoms with van der Waals surface area (Å²) in [6, 6.07) is 12.6. The molecule has 1 atom stereocenters. The Bertz CT molecular complexity index is 774. The minimum atomic E-state index is -0.682. The predicted octanol–water partition coefficient (Wildman–Crippen LogP) is 3.91. The zero-order chi connectivity index (χ0) is 18.2. The first-order valence-corrected chi connectivity index (χ1v) is 7.97. The molecule has 0 aliphatic rings. The number of hydrogen-bond acceptors (Lipinski definition) is 3. The third-order valence-corrected chi connectivity index (χ3v) is 3.61. The van der Waals surface area contributed by atoms with E-state index in [-0.39, 0.29) is 6.04 Å². The van der Waals surface area contributed by atoms with E-state index < -0.39 is 24.3 Å². The van der Waals surface area contributed by atoms with Crippen LogP contribution in [-0.4, -0.2) is 18.5 Å². The molecule has 0 spiro atoms. The van der Waals surface area contributed by atoms with Crippen molar-refractivity contribution in [2.24, 2.45) is 0 Å². The van der Waals surface area contributed by atoms with Crippen LogP contribution in [0.25, 0.3) is 6.08 Å². The fourth-order valence-corrected chi connectivity index (χ4v) is 2.20. The van der Waals surface area contributed by atoms with E-state index in [4.69, 9.17) is 16.3 Å². The molecule has 0 radical (unpaired) electrons. The molecule has 130 valence electrons. The van der Waals surface area contributed by atoms with Crippen molar-refractivity contribution in [3.63, 3.8) is 0 Å². The Hall–Kier alpha value is -2.66. The standard InChI is InChI=1S/C19H17ClFNO3/c1-13(15-6-8-16(20)9-7-15)22-18(23)12-25-19(24)10-5-14-3-2-4-17(21)11-14/h2-11,13H,12H2,1H3,(H,22,23)/b10-5+/t13-/m1/s1. The molecule has 6 heteroatoms. The highest BCUT2D eigenvalue weighted by Crippen LogP contribution is 2.15. The molecular formula is C19H17ClFNO3. The SMILES string of the molecule is C[C@@H](NC(=O)COC(=O)/C=C/c1cccc(F)c1)c1ccc(Cl)cc1. The van der Waals surface area contributed by atoms with E-state index in [0.29, 0.717) is 10.6 Å². The number of carbonyl (C=O) groups is 2. The molecule has 2 rings (SSSR count). The second-order valence-corrected chi connectivity index (χ2v) is 5.77. The lowest BCUT2D eigenvalue weighted by Gasteiger charge is -2.14.